The van der Waals surface area contributed by atoms with Crippen molar-refractivity contribution in [1.29, 1.82) is 0 Å². The van der Waals surface area contributed by atoms with Crippen molar-refractivity contribution in [1.82, 2.24) is 9.80 Å². The van der Waals surface area contributed by atoms with Crippen molar-refractivity contribution >= 4 is 29.1 Å². The Morgan fingerprint density at radius 3 is 1.91 bits per heavy atom. The average molecular weight is 477 g/mol. The van der Waals surface area contributed by atoms with Crippen LogP contribution < -0.4 is 0 Å². The average Bonchev–Trinajstić information content (AvgIpc) is 2.79. The molecule has 1 amide bonds. The minimum atomic E-state index is -1.08. The van der Waals surface area contributed by atoms with Crippen LogP contribution in [0.5, 0.6) is 0 Å². The number of benzene rings is 2. The van der Waals surface area contributed by atoms with Crippen molar-refractivity contribution in [2.45, 2.75) is 44.1 Å². The van der Waals surface area contributed by atoms with E-state index in [9.17, 15) is 9.90 Å². The van der Waals surface area contributed by atoms with Gasteiger partial charge in [-0.2, -0.15) is 0 Å². The zero-order valence-corrected chi connectivity index (χ0v) is 20.6. The Kier molecular flexibility index (Phi) is 9.01. The van der Waals surface area contributed by atoms with E-state index in [1.807, 2.05) is 62.6 Å². The van der Waals surface area contributed by atoms with Gasteiger partial charge < -0.3 is 14.9 Å². The molecule has 1 heterocycles. The molecule has 4 nitrogen and oxygen atoms in total. The van der Waals surface area contributed by atoms with Crippen LogP contribution in [0.4, 0.5) is 0 Å². The molecule has 0 spiro atoms. The fraction of sp³-hybridized carbons (Fsp3) is 0.500. The molecule has 0 aliphatic carbocycles. The maximum atomic E-state index is 12.0. The van der Waals surface area contributed by atoms with Crippen LogP contribution in [0.15, 0.2) is 48.5 Å². The number of likely N-dealkylation sites (tertiary alicyclic amines) is 1. The van der Waals surface area contributed by atoms with Crippen LogP contribution in [0.1, 0.15) is 49.7 Å². The van der Waals surface area contributed by atoms with Gasteiger partial charge in [0.1, 0.15) is 5.60 Å². The van der Waals surface area contributed by atoms with Crippen LogP contribution >= 0.6 is 23.2 Å². The molecular weight excluding hydrogens is 443 g/mol. The Bertz CT molecular complexity index is 815. The van der Waals surface area contributed by atoms with Gasteiger partial charge >= 0.3 is 0 Å². The lowest BCUT2D eigenvalue weighted by Crippen LogP contribution is -2.44. The molecule has 1 saturated heterocycles. The molecule has 1 aliphatic rings. The second-order valence-corrected chi connectivity index (χ2v) is 9.87. The largest absolute Gasteiger partial charge is 0.380 e. The van der Waals surface area contributed by atoms with E-state index in [4.69, 9.17) is 23.2 Å². The summed E-state index contributed by atoms with van der Waals surface area (Å²) in [5.74, 6) is 0.313. The third-order valence-electron chi connectivity index (χ3n) is 6.61. The summed E-state index contributed by atoms with van der Waals surface area (Å²) in [6.07, 6.45) is 5.58. The quantitative estimate of drug-likeness (QED) is 0.479. The van der Waals surface area contributed by atoms with E-state index in [0.717, 1.165) is 62.9 Å². The van der Waals surface area contributed by atoms with Gasteiger partial charge in [0.05, 0.1) is 0 Å². The Balaban J connectivity index is 1.60. The maximum Gasteiger partial charge on any atom is 0.222 e. The van der Waals surface area contributed by atoms with E-state index in [-0.39, 0.29) is 11.8 Å². The van der Waals surface area contributed by atoms with Gasteiger partial charge in [0, 0.05) is 30.6 Å². The zero-order chi connectivity index (χ0) is 23.1. The van der Waals surface area contributed by atoms with Crippen molar-refractivity contribution in [2.24, 2.45) is 5.92 Å². The molecular formula is C26H34Cl2N2O2. The van der Waals surface area contributed by atoms with Crippen molar-refractivity contribution in [3.63, 3.8) is 0 Å². The fourth-order valence-electron chi connectivity index (χ4n) is 4.63. The molecule has 0 aromatic heterocycles. The third kappa shape index (κ3) is 6.26. The number of carbonyl (C=O) groups is 1. The summed E-state index contributed by atoms with van der Waals surface area (Å²) in [5, 5.41) is 13.4. The van der Waals surface area contributed by atoms with E-state index in [0.29, 0.717) is 16.5 Å². The number of halogens is 2. The Labute approximate surface area is 202 Å². The highest BCUT2D eigenvalue weighted by Crippen LogP contribution is 2.42. The van der Waals surface area contributed by atoms with E-state index >= 15 is 0 Å². The zero-order valence-electron chi connectivity index (χ0n) is 19.1. The van der Waals surface area contributed by atoms with Crippen LogP contribution in [-0.2, 0) is 10.4 Å². The molecule has 174 valence electrons. The molecule has 1 N–H and O–H groups in total. The number of unbranched alkanes of at least 4 members (excludes halogenated alkanes) is 2. The Morgan fingerprint density at radius 1 is 0.938 bits per heavy atom. The lowest BCUT2D eigenvalue weighted by Gasteiger charge is -2.42. The molecule has 0 atom stereocenters. The van der Waals surface area contributed by atoms with Crippen LogP contribution in [0.2, 0.25) is 10.0 Å². The lowest BCUT2D eigenvalue weighted by atomic mass is 9.72. The lowest BCUT2D eigenvalue weighted by molar-refractivity contribution is -0.128. The van der Waals surface area contributed by atoms with Crippen molar-refractivity contribution in [3.8, 4) is 0 Å². The molecule has 3 rings (SSSR count). The Morgan fingerprint density at radius 2 is 1.44 bits per heavy atom. The predicted octanol–water partition coefficient (Wildman–Crippen LogP) is 5.59. The first-order chi connectivity index (χ1) is 15.3. The van der Waals surface area contributed by atoms with Gasteiger partial charge in [0.2, 0.25) is 5.91 Å². The number of hydrogen-bond donors (Lipinski definition) is 1. The molecule has 32 heavy (non-hydrogen) atoms. The number of rotatable bonds is 9. The van der Waals surface area contributed by atoms with Gasteiger partial charge in [-0.3, -0.25) is 4.79 Å². The molecule has 2 aromatic rings. The first-order valence-corrected chi connectivity index (χ1v) is 12.2. The summed E-state index contributed by atoms with van der Waals surface area (Å²) in [6, 6.07) is 15.1. The van der Waals surface area contributed by atoms with Gasteiger partial charge in [0.25, 0.3) is 0 Å². The van der Waals surface area contributed by atoms with Crippen LogP contribution in [0, 0.1) is 5.92 Å². The second-order valence-electron chi connectivity index (χ2n) is 8.99. The molecule has 0 saturated carbocycles. The highest BCUT2D eigenvalue weighted by molar-refractivity contribution is 6.30. The van der Waals surface area contributed by atoms with Gasteiger partial charge in [-0.25, -0.2) is 0 Å². The van der Waals surface area contributed by atoms with Crippen LogP contribution in [0.3, 0.4) is 0 Å². The number of carbonyl (C=O) groups excluding carboxylic acids is 1. The number of amides is 1. The minimum absolute atomic E-state index is 0.110. The normalized spacial score (nSPS) is 15.7. The highest BCUT2D eigenvalue weighted by Gasteiger charge is 2.41. The van der Waals surface area contributed by atoms with Crippen molar-refractivity contribution in [3.05, 3.63) is 69.7 Å². The molecule has 1 aliphatic heterocycles. The molecule has 0 radical (unpaired) electrons. The van der Waals surface area contributed by atoms with Crippen molar-refractivity contribution < 1.29 is 9.90 Å². The maximum absolute atomic E-state index is 12.0. The second kappa shape index (κ2) is 11.5. The molecule has 1 fully saturated rings. The summed E-state index contributed by atoms with van der Waals surface area (Å²) in [6.45, 7) is 2.97. The predicted molar refractivity (Wildman–Crippen MR) is 132 cm³/mol. The molecule has 0 unspecified atom stereocenters. The summed E-state index contributed by atoms with van der Waals surface area (Å²) >= 11 is 12.2. The first kappa shape index (κ1) is 25.0. The van der Waals surface area contributed by atoms with E-state index < -0.39 is 5.60 Å². The Hall–Kier alpha value is -1.59. The van der Waals surface area contributed by atoms with E-state index in [1.54, 1.807) is 4.90 Å². The van der Waals surface area contributed by atoms with Crippen molar-refractivity contribution in [2.75, 3.05) is 33.7 Å². The summed E-state index contributed by atoms with van der Waals surface area (Å²) < 4.78 is 0. The van der Waals surface area contributed by atoms with Crippen LogP contribution in [0.25, 0.3) is 0 Å². The number of hydrogen-bond acceptors (Lipinski definition) is 3. The molecule has 6 heteroatoms. The molecule has 0 bridgehead atoms. The fourth-order valence-corrected chi connectivity index (χ4v) is 4.88. The third-order valence-corrected chi connectivity index (χ3v) is 7.11. The van der Waals surface area contributed by atoms with Crippen LogP contribution in [-0.4, -0.2) is 54.5 Å². The standard InChI is InChI=1S/C26H34Cl2N2O2/c1-29(2)25(31)6-4-3-5-17-30-18-15-22(16-19-30)26(32,20-7-11-23(27)12-8-20)21-9-13-24(28)14-10-21/h7-14,22,32H,3-6,15-19H2,1-2H3. The summed E-state index contributed by atoms with van der Waals surface area (Å²) in [4.78, 5) is 15.8. The minimum Gasteiger partial charge on any atom is -0.380 e. The monoisotopic (exact) mass is 476 g/mol. The van der Waals surface area contributed by atoms with E-state index in [1.165, 1.54) is 0 Å². The topological polar surface area (TPSA) is 43.8 Å². The molecule has 2 aromatic carbocycles. The van der Waals surface area contributed by atoms with Gasteiger partial charge in [0.15, 0.2) is 0 Å². The highest BCUT2D eigenvalue weighted by atomic mass is 35.5. The summed E-state index contributed by atoms with van der Waals surface area (Å²) in [7, 11) is 3.61. The van der Waals surface area contributed by atoms with Gasteiger partial charge in [-0.1, -0.05) is 53.9 Å². The van der Waals surface area contributed by atoms with Gasteiger partial charge in [-0.05, 0) is 86.6 Å². The smallest absolute Gasteiger partial charge is 0.222 e. The SMILES string of the molecule is CN(C)C(=O)CCCCCN1CCC(C(O)(c2ccc(Cl)cc2)c2ccc(Cl)cc2)CC1. The number of piperidine rings is 1. The number of nitrogens with zero attached hydrogens (tertiary/aromatic N) is 2. The van der Waals surface area contributed by atoms with Gasteiger partial charge in [-0.15, -0.1) is 0 Å². The summed E-state index contributed by atoms with van der Waals surface area (Å²) in [5.41, 5.74) is 0.662. The van der Waals surface area contributed by atoms with E-state index in [2.05, 4.69) is 4.90 Å². The number of aliphatic hydroxyl groups is 1. The first-order valence-electron chi connectivity index (χ1n) is 11.5.